The summed E-state index contributed by atoms with van der Waals surface area (Å²) < 4.78 is 42.3. The fourth-order valence-electron chi connectivity index (χ4n) is 2.30. The van der Waals surface area contributed by atoms with Crippen molar-refractivity contribution in [2.45, 2.75) is 36.8 Å². The van der Waals surface area contributed by atoms with E-state index in [1.165, 1.54) is 0 Å². The number of hydrogen-bond donors (Lipinski definition) is 5. The van der Waals surface area contributed by atoms with Crippen LogP contribution in [0.15, 0.2) is 24.3 Å². The number of hydrogen-bond acceptors (Lipinski definition) is 6. The van der Waals surface area contributed by atoms with Crippen molar-refractivity contribution in [3.8, 4) is 0 Å². The first kappa shape index (κ1) is 18.6. The predicted molar refractivity (Wildman–Crippen MR) is 72.7 cm³/mol. The van der Waals surface area contributed by atoms with Crippen molar-refractivity contribution in [2.24, 2.45) is 0 Å². The second-order valence-corrected chi connectivity index (χ2v) is 5.30. The largest absolute Gasteiger partial charge is 0.416 e. The number of aliphatic hydroxyl groups excluding tert-OH is 4. The summed E-state index contributed by atoms with van der Waals surface area (Å²) >= 11 is 0. The molecule has 10 heteroatoms. The van der Waals surface area contributed by atoms with Crippen LogP contribution in [-0.2, 0) is 10.9 Å². The zero-order chi connectivity index (χ0) is 18.1. The van der Waals surface area contributed by atoms with Crippen LogP contribution in [-0.4, -0.2) is 63.6 Å². The first-order valence-electron chi connectivity index (χ1n) is 6.93. The third-order valence-electron chi connectivity index (χ3n) is 3.67. The number of rotatable bonds is 3. The minimum Gasteiger partial charge on any atom is -0.394 e. The van der Waals surface area contributed by atoms with E-state index in [4.69, 9.17) is 9.84 Å². The van der Waals surface area contributed by atoms with E-state index in [9.17, 15) is 33.3 Å². The van der Waals surface area contributed by atoms with Crippen LogP contribution in [0, 0.1) is 0 Å². The molecular formula is C14H16F3NO6. The number of carbonyl (C=O) groups is 1. The van der Waals surface area contributed by atoms with Crippen LogP contribution in [0.2, 0.25) is 0 Å². The molecule has 1 heterocycles. The van der Waals surface area contributed by atoms with Gasteiger partial charge < -0.3 is 30.5 Å². The summed E-state index contributed by atoms with van der Waals surface area (Å²) in [6, 6.07) is 1.89. The van der Waals surface area contributed by atoms with Crippen molar-refractivity contribution < 1.29 is 43.1 Å². The van der Waals surface area contributed by atoms with E-state index in [1.54, 1.807) is 0 Å². The maximum Gasteiger partial charge on any atom is 0.416 e. The highest BCUT2D eigenvalue weighted by atomic mass is 19.4. The normalized spacial score (nSPS) is 30.9. The molecule has 134 valence electrons. The highest BCUT2D eigenvalue weighted by Crippen LogP contribution is 2.29. The zero-order valence-electron chi connectivity index (χ0n) is 12.1. The number of ether oxygens (including phenoxy) is 1. The Morgan fingerprint density at radius 1 is 1.12 bits per heavy atom. The summed E-state index contributed by atoms with van der Waals surface area (Å²) in [5.41, 5.74) is -1.07. The van der Waals surface area contributed by atoms with Crippen molar-refractivity contribution in [2.75, 3.05) is 6.61 Å². The van der Waals surface area contributed by atoms with E-state index in [0.29, 0.717) is 0 Å². The molecule has 2 rings (SSSR count). The van der Waals surface area contributed by atoms with Gasteiger partial charge in [0, 0.05) is 5.56 Å². The maximum absolute atomic E-state index is 12.5. The Morgan fingerprint density at radius 3 is 2.21 bits per heavy atom. The van der Waals surface area contributed by atoms with Gasteiger partial charge in [0.2, 0.25) is 0 Å². The molecule has 1 saturated heterocycles. The quantitative estimate of drug-likeness (QED) is 0.488. The summed E-state index contributed by atoms with van der Waals surface area (Å²) in [6.45, 7) is -0.658. The Hall–Kier alpha value is -1.72. The van der Waals surface area contributed by atoms with Crippen LogP contribution in [0.4, 0.5) is 13.2 Å². The fraction of sp³-hybridized carbons (Fsp3) is 0.500. The average Bonchev–Trinajstić information content (AvgIpc) is 2.54. The molecule has 1 fully saturated rings. The van der Waals surface area contributed by atoms with Gasteiger partial charge in [-0.05, 0) is 24.3 Å². The summed E-state index contributed by atoms with van der Waals surface area (Å²) in [5.74, 6) is -0.870. The third kappa shape index (κ3) is 3.84. The molecule has 1 aromatic carbocycles. The molecular weight excluding hydrogens is 335 g/mol. The van der Waals surface area contributed by atoms with Crippen LogP contribution >= 0.6 is 0 Å². The lowest BCUT2D eigenvalue weighted by atomic mass is 9.96. The Balaban J connectivity index is 2.08. The van der Waals surface area contributed by atoms with Crippen molar-refractivity contribution in [1.82, 2.24) is 5.32 Å². The number of amides is 1. The molecule has 0 aliphatic carbocycles. The first-order chi connectivity index (χ1) is 11.1. The van der Waals surface area contributed by atoms with E-state index < -0.39 is 54.9 Å². The Morgan fingerprint density at radius 2 is 1.71 bits per heavy atom. The number of alkyl halides is 3. The summed E-state index contributed by atoms with van der Waals surface area (Å²) in [7, 11) is 0. The molecule has 1 aliphatic rings. The van der Waals surface area contributed by atoms with Crippen molar-refractivity contribution in [1.29, 1.82) is 0 Å². The zero-order valence-corrected chi connectivity index (χ0v) is 12.1. The number of benzene rings is 1. The van der Waals surface area contributed by atoms with Gasteiger partial charge in [-0.3, -0.25) is 4.79 Å². The number of halogens is 3. The third-order valence-corrected chi connectivity index (χ3v) is 3.67. The maximum atomic E-state index is 12.5. The Bertz CT molecular complexity index is 579. The van der Waals surface area contributed by atoms with Gasteiger partial charge in [-0.25, -0.2) is 0 Å². The molecule has 7 nitrogen and oxygen atoms in total. The predicted octanol–water partition coefficient (Wildman–Crippen LogP) is -0.765. The van der Waals surface area contributed by atoms with Crippen LogP contribution in [0.25, 0.3) is 0 Å². The lowest BCUT2D eigenvalue weighted by Crippen LogP contribution is -2.64. The van der Waals surface area contributed by atoms with Crippen LogP contribution in [0.5, 0.6) is 0 Å². The van der Waals surface area contributed by atoms with Gasteiger partial charge in [-0.1, -0.05) is 0 Å². The minimum absolute atomic E-state index is 0.138. The molecule has 5 atom stereocenters. The highest BCUT2D eigenvalue weighted by Gasteiger charge is 2.44. The highest BCUT2D eigenvalue weighted by molar-refractivity contribution is 5.94. The fourth-order valence-corrected chi connectivity index (χ4v) is 2.30. The molecule has 24 heavy (non-hydrogen) atoms. The number of carbonyl (C=O) groups excluding carboxylic acids is 1. The SMILES string of the molecule is O=C(NC1C(O)O[C@H](CO)C(O)[C@@H]1O)c1ccc(C(F)(F)F)cc1. The molecule has 0 aromatic heterocycles. The molecule has 0 spiro atoms. The molecule has 1 aliphatic heterocycles. The average molecular weight is 351 g/mol. The van der Waals surface area contributed by atoms with Crippen LogP contribution < -0.4 is 5.32 Å². The smallest absolute Gasteiger partial charge is 0.394 e. The summed E-state index contributed by atoms with van der Waals surface area (Å²) in [6.07, 6.45) is -10.7. The monoisotopic (exact) mass is 351 g/mol. The lowest BCUT2D eigenvalue weighted by molar-refractivity contribution is -0.252. The molecule has 1 amide bonds. The van der Waals surface area contributed by atoms with Gasteiger partial charge in [0.25, 0.3) is 5.91 Å². The van der Waals surface area contributed by atoms with Crippen LogP contribution in [0.1, 0.15) is 15.9 Å². The van der Waals surface area contributed by atoms with Crippen LogP contribution in [0.3, 0.4) is 0 Å². The van der Waals surface area contributed by atoms with E-state index in [-0.39, 0.29) is 5.56 Å². The van der Waals surface area contributed by atoms with Crippen molar-refractivity contribution in [3.63, 3.8) is 0 Å². The number of nitrogens with one attached hydrogen (secondary N) is 1. The summed E-state index contributed by atoms with van der Waals surface area (Å²) in [4.78, 5) is 12.0. The van der Waals surface area contributed by atoms with Gasteiger partial charge in [0.15, 0.2) is 6.29 Å². The van der Waals surface area contributed by atoms with E-state index in [1.807, 2.05) is 0 Å². The number of aliphatic hydroxyl groups is 4. The lowest BCUT2D eigenvalue weighted by Gasteiger charge is -2.40. The first-order valence-corrected chi connectivity index (χ1v) is 6.93. The second kappa shape index (κ2) is 7.03. The standard InChI is InChI=1S/C14H16F3NO6/c15-14(16,17)7-3-1-6(2-4-7)12(22)18-9-11(21)10(20)8(5-19)24-13(9)23/h1-4,8-11,13,19-21,23H,5H2,(H,18,22)/t8-,9?,10?,11-,13?/m1/s1. The minimum atomic E-state index is -4.54. The van der Waals surface area contributed by atoms with E-state index >= 15 is 0 Å². The van der Waals surface area contributed by atoms with Gasteiger partial charge in [-0.2, -0.15) is 13.2 Å². The molecule has 0 radical (unpaired) electrons. The van der Waals surface area contributed by atoms with Gasteiger partial charge in [0.05, 0.1) is 12.2 Å². The Kier molecular flexibility index (Phi) is 5.45. The topological polar surface area (TPSA) is 119 Å². The van der Waals surface area contributed by atoms with Gasteiger partial charge in [0.1, 0.15) is 24.4 Å². The van der Waals surface area contributed by atoms with Gasteiger partial charge in [-0.15, -0.1) is 0 Å². The Labute approximate surface area is 134 Å². The summed E-state index contributed by atoms with van der Waals surface area (Å²) in [5, 5.41) is 40.5. The van der Waals surface area contributed by atoms with Gasteiger partial charge >= 0.3 is 6.18 Å². The van der Waals surface area contributed by atoms with Crippen molar-refractivity contribution >= 4 is 5.91 Å². The van der Waals surface area contributed by atoms with E-state index in [0.717, 1.165) is 24.3 Å². The molecule has 0 bridgehead atoms. The molecule has 0 saturated carbocycles. The molecule has 5 N–H and O–H groups in total. The molecule has 1 aromatic rings. The second-order valence-electron chi connectivity index (χ2n) is 5.30. The van der Waals surface area contributed by atoms with E-state index in [2.05, 4.69) is 5.32 Å². The molecule has 3 unspecified atom stereocenters. The van der Waals surface area contributed by atoms with Crippen molar-refractivity contribution in [3.05, 3.63) is 35.4 Å².